The smallest absolute Gasteiger partial charge is 0.360 e. The molecule has 0 bridgehead atoms. The lowest BCUT2D eigenvalue weighted by Gasteiger charge is -2.34. The molecule has 1 aliphatic carbocycles. The highest BCUT2D eigenvalue weighted by molar-refractivity contribution is 5.92. The summed E-state index contributed by atoms with van der Waals surface area (Å²) in [5, 5.41) is 0. The molecule has 0 atom stereocenters. The van der Waals surface area contributed by atoms with Crippen molar-refractivity contribution in [1.29, 1.82) is 0 Å². The third kappa shape index (κ3) is 3.39. The lowest BCUT2D eigenvalue weighted by molar-refractivity contribution is 0.0521. The van der Waals surface area contributed by atoms with Crippen LogP contribution in [0.1, 0.15) is 69.2 Å². The minimum Gasteiger partial charge on any atom is -0.461 e. The van der Waals surface area contributed by atoms with Gasteiger partial charge in [-0.15, -0.1) is 0 Å². The molecular weight excluding hydrogens is 266 g/mol. The van der Waals surface area contributed by atoms with Crippen molar-refractivity contribution in [1.82, 2.24) is 9.55 Å². The minimum atomic E-state index is -0.419. The Hall–Kier alpha value is -1.52. The third-order valence-corrected chi connectivity index (χ3v) is 4.47. The van der Waals surface area contributed by atoms with Gasteiger partial charge >= 0.3 is 5.97 Å². The first-order valence-electron chi connectivity index (χ1n) is 8.02. The fraction of sp³-hybridized carbons (Fsp3) is 0.750. The van der Waals surface area contributed by atoms with Gasteiger partial charge in [-0.2, -0.15) is 0 Å². The molecule has 1 aromatic heterocycles. The Morgan fingerprint density at radius 2 is 2.00 bits per heavy atom. The van der Waals surface area contributed by atoms with Crippen LogP contribution in [0.4, 0.5) is 5.82 Å². The lowest BCUT2D eigenvalue weighted by Crippen LogP contribution is -2.27. The second kappa shape index (κ2) is 6.50. The van der Waals surface area contributed by atoms with E-state index in [-0.39, 0.29) is 11.1 Å². The number of aryl methyl sites for hydroxylation is 1. The number of imidazole rings is 1. The number of nitrogen functional groups attached to an aromatic ring is 1. The summed E-state index contributed by atoms with van der Waals surface area (Å²) in [5.74, 6) is 0.914. The third-order valence-electron chi connectivity index (χ3n) is 4.47. The van der Waals surface area contributed by atoms with E-state index in [0.717, 1.165) is 18.8 Å². The lowest BCUT2D eigenvalue weighted by atomic mass is 9.75. The van der Waals surface area contributed by atoms with E-state index >= 15 is 0 Å². The molecule has 1 aliphatic rings. The Bertz CT molecular complexity index is 502. The van der Waals surface area contributed by atoms with E-state index in [2.05, 4.69) is 11.9 Å². The van der Waals surface area contributed by atoms with Crippen molar-refractivity contribution in [2.45, 2.75) is 65.8 Å². The van der Waals surface area contributed by atoms with Crippen LogP contribution in [-0.2, 0) is 17.7 Å². The van der Waals surface area contributed by atoms with Crippen molar-refractivity contribution in [3.8, 4) is 0 Å². The van der Waals surface area contributed by atoms with Gasteiger partial charge in [0.2, 0.25) is 0 Å². The van der Waals surface area contributed by atoms with Gasteiger partial charge in [0.25, 0.3) is 0 Å². The minimum absolute atomic E-state index is 0.253. The molecule has 0 radical (unpaired) electrons. The molecule has 0 amide bonds. The van der Waals surface area contributed by atoms with Gasteiger partial charge in [0.1, 0.15) is 11.6 Å². The molecule has 118 valence electrons. The highest BCUT2D eigenvalue weighted by atomic mass is 16.5. The van der Waals surface area contributed by atoms with E-state index in [0.29, 0.717) is 12.4 Å². The van der Waals surface area contributed by atoms with Crippen LogP contribution in [0, 0.1) is 5.41 Å². The molecule has 2 rings (SSSR count). The highest BCUT2D eigenvalue weighted by Gasteiger charge is 2.30. The summed E-state index contributed by atoms with van der Waals surface area (Å²) in [7, 11) is 0. The molecule has 1 heterocycles. The Labute approximate surface area is 126 Å². The van der Waals surface area contributed by atoms with Gasteiger partial charge in [-0.3, -0.25) is 0 Å². The zero-order valence-electron chi connectivity index (χ0n) is 13.4. The van der Waals surface area contributed by atoms with E-state index in [9.17, 15) is 4.79 Å². The van der Waals surface area contributed by atoms with Crippen molar-refractivity contribution in [2.24, 2.45) is 5.41 Å². The topological polar surface area (TPSA) is 70.1 Å². The standard InChI is InChI=1S/C16H27N3O2/c1-4-12-18-13(15(20)21-5-2)14(17)19(12)11-16(3)9-7-6-8-10-16/h4-11,17H2,1-3H3. The number of hydrogen-bond acceptors (Lipinski definition) is 4. The van der Waals surface area contributed by atoms with E-state index in [1.807, 2.05) is 11.5 Å². The second-order valence-electron chi connectivity index (χ2n) is 6.29. The SMILES string of the molecule is CCOC(=O)c1nc(CC)n(CC2(C)CCCCC2)c1N. The van der Waals surface area contributed by atoms with Crippen molar-refractivity contribution in [3.05, 3.63) is 11.5 Å². The molecule has 1 aromatic rings. The van der Waals surface area contributed by atoms with Crippen LogP contribution in [0.25, 0.3) is 0 Å². The van der Waals surface area contributed by atoms with Gasteiger partial charge in [-0.25, -0.2) is 9.78 Å². The van der Waals surface area contributed by atoms with Gasteiger partial charge < -0.3 is 15.0 Å². The maximum Gasteiger partial charge on any atom is 0.360 e. The monoisotopic (exact) mass is 293 g/mol. The molecule has 21 heavy (non-hydrogen) atoms. The van der Waals surface area contributed by atoms with Gasteiger partial charge in [-0.1, -0.05) is 33.1 Å². The summed E-state index contributed by atoms with van der Waals surface area (Å²) in [5.41, 5.74) is 6.71. The largest absolute Gasteiger partial charge is 0.461 e. The quantitative estimate of drug-likeness (QED) is 0.846. The van der Waals surface area contributed by atoms with E-state index in [4.69, 9.17) is 10.5 Å². The summed E-state index contributed by atoms with van der Waals surface area (Å²) in [6.45, 7) is 7.32. The zero-order chi connectivity index (χ0) is 15.5. The molecule has 0 saturated heterocycles. The molecule has 0 aromatic carbocycles. The van der Waals surface area contributed by atoms with Crippen LogP contribution in [-0.4, -0.2) is 22.1 Å². The summed E-state index contributed by atoms with van der Waals surface area (Å²) < 4.78 is 7.07. The van der Waals surface area contributed by atoms with Crippen LogP contribution >= 0.6 is 0 Å². The highest BCUT2D eigenvalue weighted by Crippen LogP contribution is 2.38. The first kappa shape index (κ1) is 15.9. The molecule has 0 spiro atoms. The first-order chi connectivity index (χ1) is 10.0. The van der Waals surface area contributed by atoms with Crippen molar-refractivity contribution < 1.29 is 9.53 Å². The molecule has 5 nitrogen and oxygen atoms in total. The van der Waals surface area contributed by atoms with E-state index < -0.39 is 5.97 Å². The molecule has 0 aliphatic heterocycles. The predicted molar refractivity (Wildman–Crippen MR) is 83.2 cm³/mol. The van der Waals surface area contributed by atoms with Gasteiger partial charge in [-0.05, 0) is 25.2 Å². The number of hydrogen-bond donors (Lipinski definition) is 1. The van der Waals surface area contributed by atoms with Crippen LogP contribution in [0.3, 0.4) is 0 Å². The summed E-state index contributed by atoms with van der Waals surface area (Å²) in [6, 6.07) is 0. The maximum absolute atomic E-state index is 11.9. The molecular formula is C16H27N3O2. The van der Waals surface area contributed by atoms with Crippen molar-refractivity contribution >= 4 is 11.8 Å². The van der Waals surface area contributed by atoms with Crippen LogP contribution < -0.4 is 5.73 Å². The van der Waals surface area contributed by atoms with Crippen LogP contribution in [0.2, 0.25) is 0 Å². The average molecular weight is 293 g/mol. The fourth-order valence-electron chi connectivity index (χ4n) is 3.25. The van der Waals surface area contributed by atoms with Gasteiger partial charge in [0, 0.05) is 13.0 Å². The predicted octanol–water partition coefficient (Wildman–Crippen LogP) is 3.17. The molecule has 0 unspecified atom stereocenters. The maximum atomic E-state index is 11.9. The average Bonchev–Trinajstić information content (AvgIpc) is 2.76. The first-order valence-corrected chi connectivity index (χ1v) is 8.02. The van der Waals surface area contributed by atoms with Crippen molar-refractivity contribution in [3.63, 3.8) is 0 Å². The summed E-state index contributed by atoms with van der Waals surface area (Å²) in [6.07, 6.45) is 7.06. The van der Waals surface area contributed by atoms with E-state index in [1.165, 1.54) is 32.1 Å². The fourth-order valence-corrected chi connectivity index (χ4v) is 3.25. The number of carbonyl (C=O) groups is 1. The number of esters is 1. The number of ether oxygens (including phenoxy) is 1. The number of nitrogens with two attached hydrogens (primary N) is 1. The number of nitrogens with zero attached hydrogens (tertiary/aromatic N) is 2. The zero-order valence-corrected chi connectivity index (χ0v) is 13.4. The Balaban J connectivity index is 2.27. The number of carbonyl (C=O) groups excluding carboxylic acids is 1. The van der Waals surface area contributed by atoms with Crippen LogP contribution in [0.15, 0.2) is 0 Å². The second-order valence-corrected chi connectivity index (χ2v) is 6.29. The Morgan fingerprint density at radius 1 is 1.33 bits per heavy atom. The van der Waals surface area contributed by atoms with Gasteiger partial charge in [0.15, 0.2) is 5.69 Å². The number of aromatic nitrogens is 2. The van der Waals surface area contributed by atoms with Crippen molar-refractivity contribution in [2.75, 3.05) is 12.3 Å². The molecule has 5 heteroatoms. The Kier molecular flexibility index (Phi) is 4.91. The van der Waals surface area contributed by atoms with Gasteiger partial charge in [0.05, 0.1) is 6.61 Å². The molecule has 1 fully saturated rings. The number of rotatable bonds is 5. The number of anilines is 1. The summed E-state index contributed by atoms with van der Waals surface area (Å²) >= 11 is 0. The Morgan fingerprint density at radius 3 is 2.57 bits per heavy atom. The van der Waals surface area contributed by atoms with E-state index in [1.54, 1.807) is 6.92 Å². The molecule has 2 N–H and O–H groups in total. The summed E-state index contributed by atoms with van der Waals surface area (Å²) in [4.78, 5) is 16.3. The molecule has 1 saturated carbocycles. The van der Waals surface area contributed by atoms with Crippen LogP contribution in [0.5, 0.6) is 0 Å². The normalized spacial score (nSPS) is 17.7.